The topological polar surface area (TPSA) is 65.3 Å². The molecule has 1 N–H and O–H groups in total. The fraction of sp³-hybridized carbons (Fsp3) is 0.667. The molecule has 0 spiro atoms. The molecule has 1 aliphatic rings. The van der Waals surface area contributed by atoms with E-state index in [1.165, 1.54) is 0 Å². The highest BCUT2D eigenvalue weighted by Gasteiger charge is 2.16. The molecule has 1 atom stereocenters. The number of aliphatic hydroxyl groups excluding tert-OH is 1. The van der Waals surface area contributed by atoms with Crippen LogP contribution in [0, 0.1) is 0 Å². The Kier molecular flexibility index (Phi) is 1.21. The summed E-state index contributed by atoms with van der Waals surface area (Å²) in [5.41, 5.74) is 0. The summed E-state index contributed by atoms with van der Waals surface area (Å²) in [6.07, 6.45) is -0.409. The molecule has 0 fully saturated rings. The van der Waals surface area contributed by atoms with E-state index in [9.17, 15) is 4.79 Å². The molecule has 1 unspecified atom stereocenters. The molecule has 0 radical (unpaired) electrons. The van der Waals surface area contributed by atoms with Crippen molar-refractivity contribution >= 4 is 6.41 Å². The molecule has 1 rings (SSSR count). The van der Waals surface area contributed by atoms with E-state index in [-0.39, 0.29) is 6.54 Å². The molecule has 1 amide bonds. The van der Waals surface area contributed by atoms with E-state index in [1.54, 1.807) is 0 Å². The van der Waals surface area contributed by atoms with Crippen LogP contribution in [0.15, 0.2) is 10.3 Å². The molecule has 8 heavy (non-hydrogen) atoms. The summed E-state index contributed by atoms with van der Waals surface area (Å²) in [7, 11) is 0. The fourth-order valence-corrected chi connectivity index (χ4v) is 0.417. The Hall–Kier alpha value is -0.970. The average molecular weight is 115 g/mol. The second kappa shape index (κ2) is 1.87. The summed E-state index contributed by atoms with van der Waals surface area (Å²) in [6, 6.07) is 0. The van der Waals surface area contributed by atoms with Crippen LogP contribution in [0.5, 0.6) is 0 Å². The SMILES string of the molecule is O=CN1N=NCC1O. The number of amides is 1. The van der Waals surface area contributed by atoms with Gasteiger partial charge in [-0.2, -0.15) is 10.1 Å². The average Bonchev–Trinajstić information content (AvgIpc) is 2.14. The number of hydrogen-bond acceptors (Lipinski definition) is 4. The van der Waals surface area contributed by atoms with Crippen molar-refractivity contribution in [2.45, 2.75) is 6.23 Å². The lowest BCUT2D eigenvalue weighted by Gasteiger charge is -2.05. The number of nitrogens with zero attached hydrogens (tertiary/aromatic N) is 3. The number of hydrogen-bond donors (Lipinski definition) is 1. The third kappa shape index (κ3) is 0.671. The van der Waals surface area contributed by atoms with Gasteiger partial charge in [0.25, 0.3) is 0 Å². The Morgan fingerprint density at radius 3 is 2.88 bits per heavy atom. The summed E-state index contributed by atoms with van der Waals surface area (Å²) >= 11 is 0. The van der Waals surface area contributed by atoms with Gasteiger partial charge in [-0.25, -0.2) is 0 Å². The maximum absolute atomic E-state index is 9.83. The van der Waals surface area contributed by atoms with Gasteiger partial charge in [-0.1, -0.05) is 5.22 Å². The highest BCUT2D eigenvalue weighted by molar-refractivity contribution is 5.46. The molecule has 1 aliphatic heterocycles. The van der Waals surface area contributed by atoms with E-state index in [1.807, 2.05) is 0 Å². The fourth-order valence-electron chi connectivity index (χ4n) is 0.417. The van der Waals surface area contributed by atoms with Gasteiger partial charge in [-0.05, 0) is 0 Å². The van der Waals surface area contributed by atoms with Crippen LogP contribution in [-0.4, -0.2) is 29.3 Å². The summed E-state index contributed by atoms with van der Waals surface area (Å²) in [4.78, 5) is 9.83. The Bertz CT molecular complexity index is 124. The number of rotatable bonds is 1. The van der Waals surface area contributed by atoms with Crippen LogP contribution in [0.2, 0.25) is 0 Å². The minimum atomic E-state index is -0.840. The van der Waals surface area contributed by atoms with Crippen LogP contribution >= 0.6 is 0 Å². The van der Waals surface area contributed by atoms with E-state index in [0.717, 1.165) is 5.01 Å². The second-order valence-corrected chi connectivity index (χ2v) is 1.38. The summed E-state index contributed by atoms with van der Waals surface area (Å²) in [5.74, 6) is 0. The zero-order valence-corrected chi connectivity index (χ0v) is 4.06. The van der Waals surface area contributed by atoms with Gasteiger partial charge in [0.2, 0.25) is 6.41 Å². The quantitative estimate of drug-likeness (QED) is 0.452. The molecule has 0 aromatic heterocycles. The largest absolute Gasteiger partial charge is 0.370 e. The highest BCUT2D eigenvalue weighted by atomic mass is 16.3. The lowest BCUT2D eigenvalue weighted by molar-refractivity contribution is -0.125. The lowest BCUT2D eigenvalue weighted by atomic mass is 10.6. The van der Waals surface area contributed by atoms with Crippen molar-refractivity contribution in [3.63, 3.8) is 0 Å². The number of carbonyl (C=O) groups is 1. The van der Waals surface area contributed by atoms with Gasteiger partial charge >= 0.3 is 0 Å². The van der Waals surface area contributed by atoms with Gasteiger partial charge in [0.1, 0.15) is 6.54 Å². The molecular weight excluding hydrogens is 110 g/mol. The first-order valence-electron chi connectivity index (χ1n) is 2.13. The first kappa shape index (κ1) is 5.17. The molecule has 44 valence electrons. The van der Waals surface area contributed by atoms with E-state index in [2.05, 4.69) is 10.3 Å². The van der Waals surface area contributed by atoms with Crippen LogP contribution in [-0.2, 0) is 4.79 Å². The minimum absolute atomic E-state index is 0.193. The van der Waals surface area contributed by atoms with Crippen molar-refractivity contribution in [2.75, 3.05) is 6.54 Å². The molecule has 0 aromatic carbocycles. The van der Waals surface area contributed by atoms with Gasteiger partial charge < -0.3 is 5.11 Å². The summed E-state index contributed by atoms with van der Waals surface area (Å²) in [6.45, 7) is 0.193. The zero-order chi connectivity index (χ0) is 5.98. The van der Waals surface area contributed by atoms with E-state index in [4.69, 9.17) is 5.11 Å². The van der Waals surface area contributed by atoms with Crippen LogP contribution in [0.1, 0.15) is 0 Å². The summed E-state index contributed by atoms with van der Waals surface area (Å²) < 4.78 is 0. The number of aliphatic hydroxyl groups is 1. The van der Waals surface area contributed by atoms with Gasteiger partial charge in [-0.15, -0.1) is 0 Å². The maximum atomic E-state index is 9.83. The lowest BCUT2D eigenvalue weighted by Crippen LogP contribution is -2.26. The van der Waals surface area contributed by atoms with Crippen LogP contribution < -0.4 is 0 Å². The third-order valence-corrected chi connectivity index (χ3v) is 0.825. The monoisotopic (exact) mass is 115 g/mol. The van der Waals surface area contributed by atoms with Crippen molar-refractivity contribution < 1.29 is 9.90 Å². The van der Waals surface area contributed by atoms with Gasteiger partial charge in [-0.3, -0.25) is 4.79 Å². The molecule has 0 aliphatic carbocycles. The highest BCUT2D eigenvalue weighted by Crippen LogP contribution is 2.02. The molecule has 0 bridgehead atoms. The number of carbonyl (C=O) groups excluding carboxylic acids is 1. The Morgan fingerprint density at radius 1 is 1.88 bits per heavy atom. The van der Waals surface area contributed by atoms with Crippen LogP contribution in [0.25, 0.3) is 0 Å². The van der Waals surface area contributed by atoms with E-state index < -0.39 is 6.23 Å². The third-order valence-electron chi connectivity index (χ3n) is 0.825. The van der Waals surface area contributed by atoms with Crippen LogP contribution in [0.3, 0.4) is 0 Å². The van der Waals surface area contributed by atoms with Crippen LogP contribution in [0.4, 0.5) is 0 Å². The predicted molar refractivity (Wildman–Crippen MR) is 23.6 cm³/mol. The van der Waals surface area contributed by atoms with Crippen molar-refractivity contribution in [3.05, 3.63) is 0 Å². The molecule has 0 saturated carbocycles. The van der Waals surface area contributed by atoms with Gasteiger partial charge in [0.05, 0.1) is 0 Å². The molecule has 5 heteroatoms. The molecular formula is C3H5N3O2. The Morgan fingerprint density at radius 2 is 2.62 bits per heavy atom. The molecule has 5 nitrogen and oxygen atoms in total. The first-order chi connectivity index (χ1) is 3.84. The van der Waals surface area contributed by atoms with Crippen molar-refractivity contribution in [2.24, 2.45) is 10.3 Å². The smallest absolute Gasteiger partial charge is 0.233 e. The van der Waals surface area contributed by atoms with Crippen molar-refractivity contribution in [3.8, 4) is 0 Å². The Balaban J connectivity index is 2.52. The van der Waals surface area contributed by atoms with E-state index >= 15 is 0 Å². The summed E-state index contributed by atoms with van der Waals surface area (Å²) in [5, 5.41) is 16.2. The zero-order valence-electron chi connectivity index (χ0n) is 4.06. The predicted octanol–water partition coefficient (Wildman–Crippen LogP) is -0.856. The maximum Gasteiger partial charge on any atom is 0.233 e. The van der Waals surface area contributed by atoms with Crippen molar-refractivity contribution in [1.82, 2.24) is 5.01 Å². The molecule has 1 heterocycles. The minimum Gasteiger partial charge on any atom is -0.370 e. The Labute approximate surface area is 45.6 Å². The standard InChI is InChI=1S/C3H5N3O2/c7-2-6-3(8)1-4-5-6/h2-3,8H,1H2. The molecule has 0 saturated heterocycles. The van der Waals surface area contributed by atoms with Gasteiger partial charge in [0.15, 0.2) is 6.23 Å². The molecule has 0 aromatic rings. The normalized spacial score (nSPS) is 26.6. The second-order valence-electron chi connectivity index (χ2n) is 1.38. The van der Waals surface area contributed by atoms with Gasteiger partial charge in [0, 0.05) is 0 Å². The van der Waals surface area contributed by atoms with Crippen molar-refractivity contribution in [1.29, 1.82) is 0 Å². The van der Waals surface area contributed by atoms with E-state index in [0.29, 0.717) is 6.41 Å². The first-order valence-corrected chi connectivity index (χ1v) is 2.13.